The van der Waals surface area contributed by atoms with Gasteiger partial charge in [-0.25, -0.2) is 0 Å². The third-order valence-corrected chi connectivity index (χ3v) is 5.10. The lowest BCUT2D eigenvalue weighted by Gasteiger charge is -2.27. The van der Waals surface area contributed by atoms with Gasteiger partial charge in [-0.05, 0) is 54.7 Å². The first-order chi connectivity index (χ1) is 10.6. The summed E-state index contributed by atoms with van der Waals surface area (Å²) >= 11 is 17.6. The molecule has 0 saturated carbocycles. The van der Waals surface area contributed by atoms with Gasteiger partial charge in [-0.2, -0.15) is 0 Å². The third-order valence-electron chi connectivity index (χ3n) is 4.07. The number of fused-ring (bicyclic) bond motifs is 1. The molecule has 1 atom stereocenters. The number of nitrogens with one attached hydrogen (secondary N) is 2. The van der Waals surface area contributed by atoms with Crippen LogP contribution in [0.25, 0.3) is 0 Å². The lowest BCUT2D eigenvalue weighted by Crippen LogP contribution is -2.22. The number of rotatable bonds is 4. The number of benzene rings is 1. The van der Waals surface area contributed by atoms with Crippen molar-refractivity contribution < 1.29 is 4.79 Å². The van der Waals surface area contributed by atoms with Crippen molar-refractivity contribution in [3.8, 4) is 0 Å². The molecule has 0 spiro atoms. The van der Waals surface area contributed by atoms with Gasteiger partial charge < -0.3 is 14.9 Å². The van der Waals surface area contributed by atoms with E-state index in [1.54, 1.807) is 0 Å². The molecule has 1 heterocycles. The number of aryl methyl sites for hydroxylation is 1. The van der Waals surface area contributed by atoms with Crippen LogP contribution < -0.4 is 5.32 Å². The summed E-state index contributed by atoms with van der Waals surface area (Å²) in [7, 11) is 0. The summed E-state index contributed by atoms with van der Waals surface area (Å²) in [5, 5.41) is 3.88. The van der Waals surface area contributed by atoms with Crippen LogP contribution in [0.4, 0.5) is 0 Å². The van der Waals surface area contributed by atoms with Gasteiger partial charge in [0.15, 0.2) is 4.77 Å². The van der Waals surface area contributed by atoms with E-state index in [0.717, 1.165) is 25.0 Å². The summed E-state index contributed by atoms with van der Waals surface area (Å²) in [6.45, 7) is 0.460. The Bertz CT molecular complexity index is 769. The number of halogens is 2. The Labute approximate surface area is 143 Å². The summed E-state index contributed by atoms with van der Waals surface area (Å²) < 4.78 is 2.77. The molecule has 2 aromatic rings. The highest BCUT2D eigenvalue weighted by Crippen LogP contribution is 2.34. The summed E-state index contributed by atoms with van der Waals surface area (Å²) in [4.78, 5) is 13.6. The minimum Gasteiger partial charge on any atom is -0.353 e. The Hall–Kier alpha value is -1.30. The molecule has 1 aromatic heterocycles. The second-order valence-corrected chi connectivity index (χ2v) is 6.59. The molecule has 0 bridgehead atoms. The van der Waals surface area contributed by atoms with Gasteiger partial charge in [-0.3, -0.25) is 4.79 Å². The zero-order valence-electron chi connectivity index (χ0n) is 11.7. The van der Waals surface area contributed by atoms with Crippen LogP contribution >= 0.6 is 35.4 Å². The molecule has 0 saturated heterocycles. The Kier molecular flexibility index (Phi) is 4.57. The van der Waals surface area contributed by atoms with Crippen LogP contribution in [0.15, 0.2) is 18.3 Å². The van der Waals surface area contributed by atoms with Crippen molar-refractivity contribution in [3.05, 3.63) is 50.0 Å². The number of H-pyrrole nitrogens is 1. The van der Waals surface area contributed by atoms with E-state index in [0.29, 0.717) is 27.8 Å². The molecule has 3 rings (SSSR count). The van der Waals surface area contributed by atoms with Crippen LogP contribution in [-0.4, -0.2) is 16.0 Å². The predicted molar refractivity (Wildman–Crippen MR) is 90.0 cm³/mol. The normalized spacial score (nSPS) is 17.1. The lowest BCUT2D eigenvalue weighted by atomic mass is 9.88. The molecule has 0 unspecified atom stereocenters. The molecule has 0 fully saturated rings. The minimum absolute atomic E-state index is 0.256. The van der Waals surface area contributed by atoms with Crippen molar-refractivity contribution in [2.24, 2.45) is 0 Å². The van der Waals surface area contributed by atoms with Crippen LogP contribution in [-0.2, 0) is 24.2 Å². The van der Waals surface area contributed by atoms with Gasteiger partial charge in [0.2, 0.25) is 6.41 Å². The zero-order valence-corrected chi connectivity index (χ0v) is 14.1. The topological polar surface area (TPSA) is 49.8 Å². The largest absolute Gasteiger partial charge is 0.353 e. The fraction of sp³-hybridized carbons (Fsp3) is 0.333. The number of hydrogen-bond donors (Lipinski definition) is 2. The molecule has 22 heavy (non-hydrogen) atoms. The Morgan fingerprint density at radius 1 is 1.36 bits per heavy atom. The van der Waals surface area contributed by atoms with Crippen molar-refractivity contribution in [3.63, 3.8) is 0 Å². The van der Waals surface area contributed by atoms with Crippen LogP contribution in [0, 0.1) is 4.77 Å². The average Bonchev–Trinajstić information content (AvgIpc) is 2.87. The van der Waals surface area contributed by atoms with E-state index in [9.17, 15) is 4.79 Å². The predicted octanol–water partition coefficient (Wildman–Crippen LogP) is 3.83. The van der Waals surface area contributed by atoms with Gasteiger partial charge in [0, 0.05) is 12.2 Å². The number of aromatic nitrogens is 2. The molecule has 7 heteroatoms. The molecular weight excluding hydrogens is 341 g/mol. The molecule has 116 valence electrons. The van der Waals surface area contributed by atoms with Gasteiger partial charge >= 0.3 is 0 Å². The van der Waals surface area contributed by atoms with E-state index in [1.807, 2.05) is 18.3 Å². The van der Waals surface area contributed by atoms with E-state index in [-0.39, 0.29) is 6.04 Å². The van der Waals surface area contributed by atoms with Crippen molar-refractivity contribution in [1.82, 2.24) is 14.9 Å². The zero-order chi connectivity index (χ0) is 15.7. The van der Waals surface area contributed by atoms with Gasteiger partial charge in [-0.15, -0.1) is 0 Å². The Morgan fingerprint density at radius 2 is 2.09 bits per heavy atom. The van der Waals surface area contributed by atoms with Crippen molar-refractivity contribution in [2.75, 3.05) is 0 Å². The number of carbonyl (C=O) groups is 1. The third kappa shape index (κ3) is 2.93. The minimum atomic E-state index is 0.256. The van der Waals surface area contributed by atoms with Crippen LogP contribution in [0.2, 0.25) is 10.0 Å². The Balaban J connectivity index is 1.91. The Morgan fingerprint density at radius 3 is 2.82 bits per heavy atom. The highest BCUT2D eigenvalue weighted by Gasteiger charge is 2.23. The molecule has 2 N–H and O–H groups in total. The summed E-state index contributed by atoms with van der Waals surface area (Å²) in [5.41, 5.74) is 3.44. The second kappa shape index (κ2) is 6.44. The molecule has 1 aliphatic rings. The number of amides is 1. The first-order valence-electron chi connectivity index (χ1n) is 7.02. The summed E-state index contributed by atoms with van der Waals surface area (Å²) in [6.07, 6.45) is 5.31. The second-order valence-electron chi connectivity index (χ2n) is 5.39. The van der Waals surface area contributed by atoms with Crippen LogP contribution in [0.3, 0.4) is 0 Å². The molecule has 0 aliphatic heterocycles. The van der Waals surface area contributed by atoms with Crippen molar-refractivity contribution in [1.29, 1.82) is 0 Å². The average molecular weight is 356 g/mol. The number of imidazole rings is 1. The maximum Gasteiger partial charge on any atom is 0.207 e. The highest BCUT2D eigenvalue weighted by atomic mass is 35.5. The lowest BCUT2D eigenvalue weighted by molar-refractivity contribution is -0.109. The van der Waals surface area contributed by atoms with Gasteiger partial charge in [-0.1, -0.05) is 23.2 Å². The monoisotopic (exact) mass is 355 g/mol. The smallest absolute Gasteiger partial charge is 0.207 e. The number of hydrogen-bond acceptors (Lipinski definition) is 2. The maximum absolute atomic E-state index is 10.5. The maximum atomic E-state index is 10.5. The van der Waals surface area contributed by atoms with E-state index in [2.05, 4.69) is 14.9 Å². The summed E-state index contributed by atoms with van der Waals surface area (Å²) in [6, 6.07) is 4.16. The van der Waals surface area contributed by atoms with Crippen molar-refractivity contribution in [2.45, 2.75) is 31.8 Å². The van der Waals surface area contributed by atoms with E-state index < -0.39 is 0 Å². The molecule has 1 amide bonds. The van der Waals surface area contributed by atoms with Gasteiger partial charge in [0.05, 0.1) is 22.3 Å². The molecular formula is C15H15Cl2N3OS. The van der Waals surface area contributed by atoms with Crippen LogP contribution in [0.5, 0.6) is 0 Å². The van der Waals surface area contributed by atoms with Crippen molar-refractivity contribution >= 4 is 41.8 Å². The number of carbonyl (C=O) groups excluding carboxylic acids is 1. The molecule has 0 radical (unpaired) electrons. The van der Waals surface area contributed by atoms with E-state index >= 15 is 0 Å². The first kappa shape index (κ1) is 15.6. The first-order valence-corrected chi connectivity index (χ1v) is 8.19. The summed E-state index contributed by atoms with van der Waals surface area (Å²) in [5.74, 6) is 0. The fourth-order valence-electron chi connectivity index (χ4n) is 3.05. The van der Waals surface area contributed by atoms with E-state index in [1.165, 1.54) is 11.1 Å². The quantitative estimate of drug-likeness (QED) is 0.646. The SMILES string of the molecule is O=CNCc1c[nH]c(=S)n1[C@H]1CCc2cc(Cl)c(Cl)cc2C1. The molecule has 4 nitrogen and oxygen atoms in total. The molecule has 1 aliphatic carbocycles. The molecule has 1 aromatic carbocycles. The van der Waals surface area contributed by atoms with Crippen LogP contribution in [0.1, 0.15) is 29.3 Å². The van der Waals surface area contributed by atoms with Gasteiger partial charge in [0.1, 0.15) is 0 Å². The fourth-order valence-corrected chi connectivity index (χ4v) is 3.75. The van der Waals surface area contributed by atoms with E-state index in [4.69, 9.17) is 35.4 Å². The standard InChI is InChI=1S/C15H15Cl2N3OS/c16-13-4-9-1-2-11(3-10(9)5-14(13)17)20-12(6-18-8-21)7-19-15(20)22/h4-5,7-8,11H,1-3,6H2,(H,18,21)(H,19,22)/t11-/m0/s1. The number of aromatic amines is 1. The van der Waals surface area contributed by atoms with Gasteiger partial charge in [0.25, 0.3) is 0 Å². The number of nitrogens with zero attached hydrogens (tertiary/aromatic N) is 1. The highest BCUT2D eigenvalue weighted by molar-refractivity contribution is 7.71.